The molecule has 5 heterocycles. The van der Waals surface area contributed by atoms with Gasteiger partial charge in [0.2, 0.25) is 17.7 Å². The number of hydrogen-bond donors (Lipinski definition) is 2. The molecule has 192 valence electrons. The van der Waals surface area contributed by atoms with Crippen LogP contribution in [0.15, 0.2) is 24.4 Å². The minimum Gasteiger partial charge on any atom is -0.477 e. The number of hydrogen-bond acceptors (Lipinski definition) is 8. The Hall–Kier alpha value is -3.64. The number of amides is 2. The highest BCUT2D eigenvalue weighted by Crippen LogP contribution is 2.41. The van der Waals surface area contributed by atoms with Gasteiger partial charge in [0, 0.05) is 43.4 Å². The number of primary amides is 1. The number of nitrogens with one attached hydrogen (secondary N) is 1. The van der Waals surface area contributed by atoms with Crippen molar-refractivity contribution in [3.8, 4) is 11.8 Å². The molecule has 2 aromatic rings. The van der Waals surface area contributed by atoms with E-state index < -0.39 is 23.8 Å². The van der Waals surface area contributed by atoms with Gasteiger partial charge in [-0.3, -0.25) is 9.59 Å². The number of pyridine rings is 1. The number of halogens is 3. The number of piperidine rings is 1. The molecule has 2 aromatic heterocycles. The van der Waals surface area contributed by atoms with Crippen molar-refractivity contribution in [2.45, 2.75) is 56.5 Å². The number of ether oxygens (including phenoxy) is 2. The molecular weight excluding hydrogens is 481 g/mol. The van der Waals surface area contributed by atoms with Crippen molar-refractivity contribution in [3.63, 3.8) is 0 Å². The van der Waals surface area contributed by atoms with Crippen LogP contribution in [0, 0.1) is 5.92 Å². The monoisotopic (exact) mass is 506 g/mol. The second-order valence-corrected chi connectivity index (χ2v) is 9.27. The maximum atomic E-state index is 12.7. The topological polar surface area (TPSA) is 133 Å². The normalized spacial score (nSPS) is 25.5. The maximum Gasteiger partial charge on any atom is 0.417 e. The van der Waals surface area contributed by atoms with Gasteiger partial charge in [-0.2, -0.15) is 18.2 Å². The summed E-state index contributed by atoms with van der Waals surface area (Å²) >= 11 is 0. The van der Waals surface area contributed by atoms with Crippen LogP contribution in [0.4, 0.5) is 19.1 Å². The number of nitrogens with zero attached hydrogens (tertiary/aromatic N) is 4. The van der Waals surface area contributed by atoms with Crippen molar-refractivity contribution in [2.24, 2.45) is 11.7 Å². The first kappa shape index (κ1) is 24.1. The van der Waals surface area contributed by atoms with Crippen molar-refractivity contribution in [1.29, 1.82) is 0 Å². The summed E-state index contributed by atoms with van der Waals surface area (Å²) in [5.41, 5.74) is 4.67. The van der Waals surface area contributed by atoms with E-state index in [4.69, 9.17) is 15.2 Å². The number of anilines is 1. The van der Waals surface area contributed by atoms with Crippen LogP contribution in [0.2, 0.25) is 0 Å². The average molecular weight is 506 g/mol. The fourth-order valence-electron chi connectivity index (χ4n) is 5.13. The predicted octanol–water partition coefficient (Wildman–Crippen LogP) is 2.08. The first-order chi connectivity index (χ1) is 17.2. The standard InChI is InChI=1S/C23H25F3N6O4/c24-23(25,26)13-1-4-18(29-10-13)35-11-12-7-14-2-3-15(8-12)32(14)22-30-16(20(27)33)9-19(31-22)36-17-5-6-28-21(17)34/h1,4,9-10,12,14-15,17H,2-3,5-8,11H2,(H2,27,33)(H,28,34)/t12?,14-,15+,17-/m0/s1. The van der Waals surface area contributed by atoms with E-state index in [2.05, 4.69) is 25.2 Å². The van der Waals surface area contributed by atoms with Crippen LogP contribution in [0.1, 0.15) is 48.2 Å². The molecule has 1 unspecified atom stereocenters. The van der Waals surface area contributed by atoms with Crippen LogP contribution in [-0.4, -0.2) is 58.1 Å². The number of fused-ring (bicyclic) bond motifs is 2. The Labute approximate surface area is 204 Å². The highest BCUT2D eigenvalue weighted by molar-refractivity contribution is 5.91. The first-order valence-electron chi connectivity index (χ1n) is 11.7. The molecule has 2 amide bonds. The van der Waals surface area contributed by atoms with E-state index >= 15 is 0 Å². The number of nitrogens with two attached hydrogens (primary N) is 1. The summed E-state index contributed by atoms with van der Waals surface area (Å²) in [6.45, 7) is 0.832. The third-order valence-electron chi connectivity index (χ3n) is 6.80. The first-order valence-corrected chi connectivity index (χ1v) is 11.7. The van der Waals surface area contributed by atoms with E-state index in [0.29, 0.717) is 25.5 Å². The van der Waals surface area contributed by atoms with E-state index in [1.54, 1.807) is 0 Å². The molecule has 10 nitrogen and oxygen atoms in total. The van der Waals surface area contributed by atoms with Gasteiger partial charge in [-0.15, -0.1) is 0 Å². The summed E-state index contributed by atoms with van der Waals surface area (Å²) in [4.78, 5) is 38.5. The third-order valence-corrected chi connectivity index (χ3v) is 6.80. The van der Waals surface area contributed by atoms with Crippen LogP contribution in [0.25, 0.3) is 0 Å². The number of carbonyl (C=O) groups is 2. The van der Waals surface area contributed by atoms with Gasteiger partial charge in [-0.05, 0) is 37.7 Å². The Balaban J connectivity index is 1.26. The number of rotatable bonds is 7. The molecule has 0 saturated carbocycles. The minimum absolute atomic E-state index is 0.00615. The number of aromatic nitrogens is 3. The van der Waals surface area contributed by atoms with Gasteiger partial charge in [0.05, 0.1) is 12.2 Å². The van der Waals surface area contributed by atoms with Gasteiger partial charge in [0.25, 0.3) is 11.8 Å². The van der Waals surface area contributed by atoms with E-state index in [1.165, 1.54) is 12.1 Å². The molecule has 3 aliphatic heterocycles. The molecule has 3 fully saturated rings. The summed E-state index contributed by atoms with van der Waals surface area (Å²) in [6.07, 6.45) is -0.582. The molecule has 4 atom stereocenters. The van der Waals surface area contributed by atoms with Crippen LogP contribution < -0.4 is 25.4 Å². The molecule has 3 saturated heterocycles. The fraction of sp³-hybridized carbons (Fsp3) is 0.522. The fourth-order valence-corrected chi connectivity index (χ4v) is 5.13. The van der Waals surface area contributed by atoms with E-state index in [9.17, 15) is 22.8 Å². The summed E-state index contributed by atoms with van der Waals surface area (Å²) in [5, 5.41) is 2.69. The van der Waals surface area contributed by atoms with Crippen molar-refractivity contribution >= 4 is 17.8 Å². The summed E-state index contributed by atoms with van der Waals surface area (Å²) in [5.74, 6) is -0.198. The van der Waals surface area contributed by atoms with Gasteiger partial charge >= 0.3 is 6.18 Å². The van der Waals surface area contributed by atoms with Crippen molar-refractivity contribution in [1.82, 2.24) is 20.3 Å². The average Bonchev–Trinajstić information content (AvgIpc) is 3.36. The molecule has 0 aromatic carbocycles. The number of carbonyl (C=O) groups excluding carboxylic acids is 2. The predicted molar refractivity (Wildman–Crippen MR) is 119 cm³/mol. The van der Waals surface area contributed by atoms with Gasteiger partial charge < -0.3 is 25.4 Å². The Bertz CT molecular complexity index is 1130. The molecule has 3 N–H and O–H groups in total. The minimum atomic E-state index is -4.44. The summed E-state index contributed by atoms with van der Waals surface area (Å²) in [6, 6.07) is 3.69. The maximum absolute atomic E-state index is 12.7. The SMILES string of the molecule is NC(=O)c1cc(O[C@H]2CCNC2=O)nc(N2[C@@H]3CC[C@H]2CC(COc2ccc(C(F)(F)F)cn2)C3)n1. The largest absolute Gasteiger partial charge is 0.477 e. The van der Waals surface area contributed by atoms with Gasteiger partial charge in [-0.25, -0.2) is 9.97 Å². The van der Waals surface area contributed by atoms with Crippen molar-refractivity contribution in [3.05, 3.63) is 35.7 Å². The van der Waals surface area contributed by atoms with Gasteiger partial charge in [-0.1, -0.05) is 0 Å². The van der Waals surface area contributed by atoms with E-state index in [1.807, 2.05) is 0 Å². The zero-order valence-electron chi connectivity index (χ0n) is 19.2. The Morgan fingerprint density at radius 1 is 1.14 bits per heavy atom. The lowest BCUT2D eigenvalue weighted by molar-refractivity contribution is -0.137. The lowest BCUT2D eigenvalue weighted by Gasteiger charge is -2.39. The van der Waals surface area contributed by atoms with Crippen molar-refractivity contribution in [2.75, 3.05) is 18.1 Å². The molecule has 0 spiro atoms. The van der Waals surface area contributed by atoms with Gasteiger partial charge in [0.1, 0.15) is 5.69 Å². The van der Waals surface area contributed by atoms with Crippen LogP contribution in [0.3, 0.4) is 0 Å². The Morgan fingerprint density at radius 3 is 2.47 bits per heavy atom. The molecule has 0 aliphatic carbocycles. The van der Waals surface area contributed by atoms with Gasteiger partial charge in [0.15, 0.2) is 6.10 Å². The lowest BCUT2D eigenvalue weighted by Crippen LogP contribution is -2.45. The molecule has 36 heavy (non-hydrogen) atoms. The molecule has 0 radical (unpaired) electrons. The zero-order valence-corrected chi connectivity index (χ0v) is 19.2. The van der Waals surface area contributed by atoms with E-state index in [0.717, 1.165) is 37.9 Å². The second kappa shape index (κ2) is 9.43. The Morgan fingerprint density at radius 2 is 1.89 bits per heavy atom. The Kier molecular flexibility index (Phi) is 6.31. The summed E-state index contributed by atoms with van der Waals surface area (Å²) in [7, 11) is 0. The molecule has 5 rings (SSSR count). The van der Waals surface area contributed by atoms with Crippen LogP contribution in [0.5, 0.6) is 11.8 Å². The lowest BCUT2D eigenvalue weighted by atomic mass is 9.91. The van der Waals surface area contributed by atoms with E-state index in [-0.39, 0.29) is 41.4 Å². The highest BCUT2D eigenvalue weighted by Gasteiger charge is 2.43. The van der Waals surface area contributed by atoms with Crippen molar-refractivity contribution < 1.29 is 32.2 Å². The van der Waals surface area contributed by atoms with Crippen LogP contribution in [-0.2, 0) is 11.0 Å². The summed E-state index contributed by atoms with van der Waals surface area (Å²) < 4.78 is 49.6. The molecular formula is C23H25F3N6O4. The highest BCUT2D eigenvalue weighted by atomic mass is 19.4. The quantitative estimate of drug-likeness (QED) is 0.584. The smallest absolute Gasteiger partial charge is 0.417 e. The second-order valence-electron chi connectivity index (χ2n) is 9.27. The number of alkyl halides is 3. The molecule has 13 heteroatoms. The van der Waals surface area contributed by atoms with Crippen LogP contribution >= 0.6 is 0 Å². The third kappa shape index (κ3) is 5.00. The molecule has 2 bridgehead atoms. The zero-order chi connectivity index (χ0) is 25.4. The molecule has 3 aliphatic rings.